The second-order valence-corrected chi connectivity index (χ2v) is 9.57. The van der Waals surface area contributed by atoms with Gasteiger partial charge in [0.25, 0.3) is 0 Å². The number of nitrogens with zero attached hydrogens (tertiary/aromatic N) is 3. The zero-order chi connectivity index (χ0) is 20.9. The van der Waals surface area contributed by atoms with Gasteiger partial charge >= 0.3 is 0 Å². The van der Waals surface area contributed by atoms with Crippen molar-refractivity contribution in [2.75, 3.05) is 30.3 Å². The fourth-order valence-corrected chi connectivity index (χ4v) is 5.67. The van der Waals surface area contributed by atoms with Crippen molar-refractivity contribution in [3.8, 4) is 0 Å². The van der Waals surface area contributed by atoms with Gasteiger partial charge in [0.15, 0.2) is 5.58 Å². The molecule has 0 saturated carbocycles. The molecule has 2 aliphatic rings. The van der Waals surface area contributed by atoms with Crippen molar-refractivity contribution in [2.24, 2.45) is 11.1 Å². The summed E-state index contributed by atoms with van der Waals surface area (Å²) in [5, 5.41) is 1.44. The Labute approximate surface area is 184 Å². The Kier molecular flexibility index (Phi) is 5.05. The maximum absolute atomic E-state index is 6.46. The Morgan fingerprint density at radius 1 is 1.23 bits per heavy atom. The van der Waals surface area contributed by atoms with Crippen LogP contribution in [0.4, 0.5) is 11.6 Å². The van der Waals surface area contributed by atoms with E-state index in [0.29, 0.717) is 10.8 Å². The maximum Gasteiger partial charge on any atom is 0.153 e. The third kappa shape index (κ3) is 3.22. The molecule has 0 unspecified atom stereocenters. The standard InChI is InChI=1S/C21H24ClN5O2S/c1-12-18(23)21(11-29-12)4-7-27(8-5-21)20-13-3-9-28-17(13)15(10-26-20)30-14-2-6-25-19(24)16(14)22/h2-3,6,9-10,12,18H,4-5,7-8,11,23H2,1H3,(H2,24,25)/t12-,18+/m0/s1. The summed E-state index contributed by atoms with van der Waals surface area (Å²) in [4.78, 5) is 12.8. The first-order valence-corrected chi connectivity index (χ1v) is 11.2. The highest BCUT2D eigenvalue weighted by Gasteiger charge is 2.47. The lowest BCUT2D eigenvalue weighted by Gasteiger charge is -2.41. The van der Waals surface area contributed by atoms with E-state index in [1.807, 2.05) is 18.3 Å². The SMILES string of the molecule is C[C@@H]1OCC2(CCN(c3ncc(Sc4ccnc(N)c4Cl)c4occc34)CC2)[C@@H]1N. The van der Waals surface area contributed by atoms with Crippen LogP contribution in [0.15, 0.2) is 45.0 Å². The van der Waals surface area contributed by atoms with Crippen LogP contribution in [-0.4, -0.2) is 41.8 Å². The number of nitrogen functional groups attached to an aromatic ring is 1. The Hall–Kier alpha value is -2.00. The first kappa shape index (κ1) is 19.9. The van der Waals surface area contributed by atoms with E-state index in [4.69, 9.17) is 37.2 Å². The van der Waals surface area contributed by atoms with E-state index >= 15 is 0 Å². The number of hydrogen-bond donors (Lipinski definition) is 2. The fourth-order valence-electron chi connectivity index (χ4n) is 4.52. The average molecular weight is 446 g/mol. The third-order valence-corrected chi connectivity index (χ3v) is 8.02. The van der Waals surface area contributed by atoms with Gasteiger partial charge in [-0.15, -0.1) is 0 Å². The number of hydrogen-bond acceptors (Lipinski definition) is 8. The maximum atomic E-state index is 6.46. The topological polar surface area (TPSA) is 103 Å². The summed E-state index contributed by atoms with van der Waals surface area (Å²) in [6.45, 7) is 4.62. The van der Waals surface area contributed by atoms with Crippen molar-refractivity contribution in [1.29, 1.82) is 0 Å². The average Bonchev–Trinajstić information content (AvgIpc) is 3.35. The van der Waals surface area contributed by atoms with Gasteiger partial charge in [0.1, 0.15) is 11.6 Å². The largest absolute Gasteiger partial charge is 0.463 e. The molecule has 2 aliphatic heterocycles. The minimum atomic E-state index is 0.0826. The number of piperidine rings is 1. The summed E-state index contributed by atoms with van der Waals surface area (Å²) in [5.74, 6) is 1.26. The Balaban J connectivity index is 1.40. The summed E-state index contributed by atoms with van der Waals surface area (Å²) in [5.41, 5.74) is 13.2. The predicted molar refractivity (Wildman–Crippen MR) is 119 cm³/mol. The number of anilines is 2. The zero-order valence-electron chi connectivity index (χ0n) is 16.7. The number of rotatable bonds is 3. The molecule has 0 aromatic carbocycles. The van der Waals surface area contributed by atoms with Gasteiger partial charge in [0.05, 0.1) is 34.3 Å². The zero-order valence-corrected chi connectivity index (χ0v) is 18.2. The van der Waals surface area contributed by atoms with E-state index < -0.39 is 0 Å². The number of ether oxygens (including phenoxy) is 1. The van der Waals surface area contributed by atoms with Crippen LogP contribution in [0.5, 0.6) is 0 Å². The molecule has 2 saturated heterocycles. The molecule has 9 heteroatoms. The molecular weight excluding hydrogens is 422 g/mol. The molecular formula is C21H24ClN5O2S. The van der Waals surface area contributed by atoms with Crippen molar-refractivity contribution in [2.45, 2.75) is 41.7 Å². The second kappa shape index (κ2) is 7.60. The van der Waals surface area contributed by atoms with E-state index in [-0.39, 0.29) is 17.6 Å². The Morgan fingerprint density at radius 2 is 2.03 bits per heavy atom. The summed E-state index contributed by atoms with van der Waals surface area (Å²) in [7, 11) is 0. The molecule has 0 aliphatic carbocycles. The van der Waals surface area contributed by atoms with Crippen LogP contribution in [-0.2, 0) is 4.74 Å². The van der Waals surface area contributed by atoms with E-state index in [0.717, 1.165) is 59.1 Å². The minimum absolute atomic E-state index is 0.0826. The quantitative estimate of drug-likeness (QED) is 0.624. The number of nitrogens with two attached hydrogens (primary N) is 2. The monoisotopic (exact) mass is 445 g/mol. The van der Waals surface area contributed by atoms with Gasteiger partial charge in [-0.3, -0.25) is 0 Å². The highest BCUT2D eigenvalue weighted by Crippen LogP contribution is 2.44. The number of furan rings is 1. The normalized spacial score (nSPS) is 23.5. The lowest BCUT2D eigenvalue weighted by molar-refractivity contribution is 0.0974. The van der Waals surface area contributed by atoms with Crippen LogP contribution in [0.25, 0.3) is 11.0 Å². The van der Waals surface area contributed by atoms with Gasteiger partial charge in [0.2, 0.25) is 0 Å². The van der Waals surface area contributed by atoms with Crippen LogP contribution in [0.2, 0.25) is 5.02 Å². The molecule has 0 amide bonds. The van der Waals surface area contributed by atoms with Crippen LogP contribution in [0.1, 0.15) is 19.8 Å². The molecule has 5 heterocycles. The number of halogens is 1. The summed E-state index contributed by atoms with van der Waals surface area (Å²) < 4.78 is 11.7. The summed E-state index contributed by atoms with van der Waals surface area (Å²) in [6.07, 6.45) is 7.32. The van der Waals surface area contributed by atoms with Crippen molar-refractivity contribution in [1.82, 2.24) is 9.97 Å². The molecule has 2 fully saturated rings. The van der Waals surface area contributed by atoms with Crippen molar-refractivity contribution in [3.63, 3.8) is 0 Å². The van der Waals surface area contributed by atoms with Crippen LogP contribution in [0, 0.1) is 5.41 Å². The smallest absolute Gasteiger partial charge is 0.153 e. The Bertz CT molecular complexity index is 1080. The molecule has 3 aromatic heterocycles. The highest BCUT2D eigenvalue weighted by atomic mass is 35.5. The van der Waals surface area contributed by atoms with E-state index in [2.05, 4.69) is 16.8 Å². The van der Waals surface area contributed by atoms with Crippen LogP contribution < -0.4 is 16.4 Å². The highest BCUT2D eigenvalue weighted by molar-refractivity contribution is 7.99. The molecule has 1 spiro atoms. The van der Waals surface area contributed by atoms with Gasteiger partial charge in [-0.2, -0.15) is 0 Å². The van der Waals surface area contributed by atoms with Crippen molar-refractivity contribution >= 4 is 46.0 Å². The Morgan fingerprint density at radius 3 is 2.77 bits per heavy atom. The molecule has 0 radical (unpaired) electrons. The first-order chi connectivity index (χ1) is 14.5. The van der Waals surface area contributed by atoms with Gasteiger partial charge < -0.3 is 25.5 Å². The van der Waals surface area contributed by atoms with Gasteiger partial charge in [-0.05, 0) is 31.9 Å². The number of aromatic nitrogens is 2. The van der Waals surface area contributed by atoms with Gasteiger partial charge in [-0.1, -0.05) is 23.4 Å². The molecule has 3 aromatic rings. The lowest BCUT2D eigenvalue weighted by atomic mass is 9.73. The molecule has 0 bridgehead atoms. The second-order valence-electron chi connectivity index (χ2n) is 8.11. The van der Waals surface area contributed by atoms with Gasteiger partial charge in [-0.25, -0.2) is 9.97 Å². The molecule has 5 rings (SSSR count). The summed E-state index contributed by atoms with van der Waals surface area (Å²) in [6, 6.07) is 3.91. The van der Waals surface area contributed by atoms with E-state index in [1.54, 1.807) is 12.5 Å². The first-order valence-electron chi connectivity index (χ1n) is 10.0. The van der Waals surface area contributed by atoms with E-state index in [1.165, 1.54) is 11.8 Å². The number of fused-ring (bicyclic) bond motifs is 1. The van der Waals surface area contributed by atoms with E-state index in [9.17, 15) is 0 Å². The molecule has 4 N–H and O–H groups in total. The lowest BCUT2D eigenvalue weighted by Crippen LogP contribution is -2.50. The van der Waals surface area contributed by atoms with Crippen LogP contribution >= 0.6 is 23.4 Å². The molecule has 30 heavy (non-hydrogen) atoms. The molecule has 7 nitrogen and oxygen atoms in total. The van der Waals surface area contributed by atoms with Crippen molar-refractivity contribution < 1.29 is 9.15 Å². The molecule has 158 valence electrons. The van der Waals surface area contributed by atoms with Crippen LogP contribution in [0.3, 0.4) is 0 Å². The fraction of sp³-hybridized carbons (Fsp3) is 0.429. The van der Waals surface area contributed by atoms with Gasteiger partial charge in [0, 0.05) is 41.8 Å². The minimum Gasteiger partial charge on any atom is -0.463 e. The molecule has 2 atom stereocenters. The number of pyridine rings is 2. The van der Waals surface area contributed by atoms with Crippen molar-refractivity contribution in [3.05, 3.63) is 35.8 Å². The summed E-state index contributed by atoms with van der Waals surface area (Å²) >= 11 is 7.79. The third-order valence-electron chi connectivity index (χ3n) is 6.44. The predicted octanol–water partition coefficient (Wildman–Crippen LogP) is 3.94.